The maximum atomic E-state index is 14.3. The van der Waals surface area contributed by atoms with Crippen molar-refractivity contribution in [3.63, 3.8) is 0 Å². The first kappa shape index (κ1) is 27.6. The zero-order valence-corrected chi connectivity index (χ0v) is 21.5. The molecule has 0 aliphatic carbocycles. The molecule has 0 spiro atoms. The second-order valence-electron chi connectivity index (χ2n) is 8.66. The fourth-order valence-electron chi connectivity index (χ4n) is 4.00. The van der Waals surface area contributed by atoms with Gasteiger partial charge in [0.05, 0.1) is 31.1 Å². The average molecular weight is 548 g/mol. The first-order valence-electron chi connectivity index (χ1n) is 11.8. The van der Waals surface area contributed by atoms with E-state index in [1.807, 2.05) is 0 Å². The van der Waals surface area contributed by atoms with Crippen molar-refractivity contribution < 1.29 is 18.3 Å². The Labute approximate surface area is 228 Å². The number of nitrogens with two attached hydrogens (primary N) is 4. The van der Waals surface area contributed by atoms with Crippen LogP contribution in [0.4, 0.5) is 19.3 Å². The van der Waals surface area contributed by atoms with Crippen molar-refractivity contribution >= 4 is 34.5 Å². The maximum Gasteiger partial charge on any atom is 0.414 e. The third-order valence-corrected chi connectivity index (χ3v) is 5.87. The number of benzene rings is 2. The number of fused-ring (bicyclic) bond motifs is 1. The highest BCUT2D eigenvalue weighted by molar-refractivity contribution is 6.01. The summed E-state index contributed by atoms with van der Waals surface area (Å²) in [5.41, 5.74) is 26.2. The molecular weight excluding hydrogens is 520 g/mol. The molecule has 40 heavy (non-hydrogen) atoms. The number of halogens is 2. The number of carbonyl (C=O) groups excluding carboxylic acids is 1. The van der Waals surface area contributed by atoms with Crippen molar-refractivity contribution in [2.24, 2.45) is 22.2 Å². The molecule has 8 N–H and O–H groups in total. The zero-order valence-electron chi connectivity index (χ0n) is 21.5. The van der Waals surface area contributed by atoms with Crippen LogP contribution in [0.15, 0.2) is 83.9 Å². The molecule has 1 amide bonds. The van der Waals surface area contributed by atoms with E-state index in [-0.39, 0.29) is 41.7 Å². The lowest BCUT2D eigenvalue weighted by atomic mass is 10.1. The van der Waals surface area contributed by atoms with Crippen molar-refractivity contribution in [2.75, 3.05) is 12.8 Å². The van der Waals surface area contributed by atoms with Gasteiger partial charge in [-0.05, 0) is 29.3 Å². The van der Waals surface area contributed by atoms with Crippen LogP contribution in [-0.2, 0) is 17.7 Å². The Hall–Kier alpha value is -5.46. The summed E-state index contributed by atoms with van der Waals surface area (Å²) in [4.78, 5) is 22.2. The maximum absolute atomic E-state index is 14.3. The van der Waals surface area contributed by atoms with Crippen LogP contribution in [0.3, 0.4) is 0 Å². The molecule has 2 aromatic heterocycles. The van der Waals surface area contributed by atoms with Crippen molar-refractivity contribution in [3.05, 3.63) is 107 Å². The summed E-state index contributed by atoms with van der Waals surface area (Å²) in [6, 6.07) is 14.1. The second kappa shape index (κ2) is 11.5. The van der Waals surface area contributed by atoms with E-state index < -0.39 is 17.7 Å². The molecule has 4 rings (SSSR count). The predicted molar refractivity (Wildman–Crippen MR) is 148 cm³/mol. The Balaban J connectivity index is 1.74. The van der Waals surface area contributed by atoms with Crippen LogP contribution in [-0.4, -0.2) is 38.7 Å². The molecule has 4 aromatic rings. The Bertz CT molecular complexity index is 1640. The number of nitrogens with zero attached hydrogens (tertiary/aromatic N) is 5. The third kappa shape index (κ3) is 5.83. The number of carbonyl (C=O) groups is 1. The monoisotopic (exact) mass is 547 g/mol. The van der Waals surface area contributed by atoms with Crippen LogP contribution in [0, 0.1) is 11.6 Å². The molecule has 0 unspecified atom stereocenters. The summed E-state index contributed by atoms with van der Waals surface area (Å²) in [5.74, 6) is -1.76. The van der Waals surface area contributed by atoms with Gasteiger partial charge in [-0.15, -0.1) is 0 Å². The number of nitrogen functional groups attached to an aromatic ring is 1. The number of rotatable bonds is 8. The third-order valence-electron chi connectivity index (χ3n) is 5.87. The van der Waals surface area contributed by atoms with Crippen molar-refractivity contribution in [2.45, 2.75) is 13.0 Å². The average Bonchev–Trinajstić information content (AvgIpc) is 3.27. The van der Waals surface area contributed by atoms with E-state index in [1.54, 1.807) is 42.5 Å². The minimum absolute atomic E-state index is 0.0322. The van der Waals surface area contributed by atoms with Crippen molar-refractivity contribution in [1.29, 1.82) is 0 Å². The quantitative estimate of drug-likeness (QED) is 0.148. The highest BCUT2D eigenvalue weighted by Crippen LogP contribution is 2.24. The van der Waals surface area contributed by atoms with Gasteiger partial charge in [-0.3, -0.25) is 4.90 Å². The SMILES string of the molecule is C=C(/N=C(/N)C(=C(N)N)N(Cc1ccc(N)cc1)C(=O)OC)n1nc(Cc2ccccc2F)c2ncc(F)cc21. The number of pyridine rings is 1. The molecule has 0 bridgehead atoms. The minimum Gasteiger partial charge on any atom is -0.452 e. The molecule has 0 atom stereocenters. The van der Waals surface area contributed by atoms with Crippen LogP contribution in [0.2, 0.25) is 0 Å². The normalized spacial score (nSPS) is 11.3. The van der Waals surface area contributed by atoms with E-state index in [4.69, 9.17) is 27.7 Å². The van der Waals surface area contributed by atoms with Gasteiger partial charge in [0.25, 0.3) is 0 Å². The van der Waals surface area contributed by atoms with Gasteiger partial charge < -0.3 is 27.7 Å². The van der Waals surface area contributed by atoms with Crippen LogP contribution in [0.5, 0.6) is 0 Å². The van der Waals surface area contributed by atoms with Gasteiger partial charge in [0.15, 0.2) is 5.84 Å². The highest BCUT2D eigenvalue weighted by Gasteiger charge is 2.25. The largest absolute Gasteiger partial charge is 0.452 e. The van der Waals surface area contributed by atoms with E-state index >= 15 is 0 Å². The number of aromatic nitrogens is 3. The summed E-state index contributed by atoms with van der Waals surface area (Å²) in [6.45, 7) is 3.87. The van der Waals surface area contributed by atoms with E-state index in [0.29, 0.717) is 28.0 Å². The zero-order chi connectivity index (χ0) is 29.0. The first-order valence-corrected chi connectivity index (χ1v) is 11.8. The predicted octanol–water partition coefficient (Wildman–Crippen LogP) is 3.02. The number of ether oxygens (including phenoxy) is 1. The van der Waals surface area contributed by atoms with Crippen LogP contribution in [0.1, 0.15) is 16.8 Å². The number of amides is 1. The van der Waals surface area contributed by atoms with E-state index in [0.717, 1.165) is 11.1 Å². The summed E-state index contributed by atoms with van der Waals surface area (Å²) in [6.07, 6.45) is 0.285. The fraction of sp³-hybridized carbons (Fsp3) is 0.111. The van der Waals surface area contributed by atoms with Gasteiger partial charge in [0.2, 0.25) is 0 Å². The lowest BCUT2D eigenvalue weighted by Crippen LogP contribution is -2.39. The lowest BCUT2D eigenvalue weighted by molar-refractivity contribution is 0.135. The Morgan fingerprint density at radius 1 is 1.12 bits per heavy atom. The molecule has 0 aliphatic rings. The number of anilines is 1. The number of amidine groups is 1. The molecule has 0 radical (unpaired) electrons. The van der Waals surface area contributed by atoms with E-state index in [1.165, 1.54) is 23.9 Å². The molecule has 2 heterocycles. The summed E-state index contributed by atoms with van der Waals surface area (Å²) in [5, 5.41) is 4.46. The van der Waals surface area contributed by atoms with Crippen LogP contribution in [0.25, 0.3) is 16.9 Å². The van der Waals surface area contributed by atoms with Gasteiger partial charge in [0, 0.05) is 18.2 Å². The van der Waals surface area contributed by atoms with Gasteiger partial charge >= 0.3 is 6.09 Å². The molecular formula is C27H27F2N9O2. The molecule has 13 heteroatoms. The lowest BCUT2D eigenvalue weighted by Gasteiger charge is -2.24. The highest BCUT2D eigenvalue weighted by atomic mass is 19.1. The second-order valence-corrected chi connectivity index (χ2v) is 8.66. The summed E-state index contributed by atoms with van der Waals surface area (Å²) in [7, 11) is 1.18. The molecule has 0 saturated carbocycles. The summed E-state index contributed by atoms with van der Waals surface area (Å²) >= 11 is 0. The van der Waals surface area contributed by atoms with Gasteiger partial charge in [0.1, 0.15) is 34.5 Å². The Kier molecular flexibility index (Phi) is 7.94. The minimum atomic E-state index is -0.813. The summed E-state index contributed by atoms with van der Waals surface area (Å²) < 4.78 is 34.6. The van der Waals surface area contributed by atoms with E-state index in [9.17, 15) is 13.6 Å². The number of aliphatic imine (C=N–C) groups is 1. The van der Waals surface area contributed by atoms with Gasteiger partial charge in [-0.25, -0.2) is 28.2 Å². The van der Waals surface area contributed by atoms with Crippen molar-refractivity contribution in [1.82, 2.24) is 19.7 Å². The number of methoxy groups -OCH3 is 1. The molecule has 206 valence electrons. The van der Waals surface area contributed by atoms with E-state index in [2.05, 4.69) is 21.7 Å². The smallest absolute Gasteiger partial charge is 0.414 e. The Morgan fingerprint density at radius 2 is 1.82 bits per heavy atom. The molecule has 0 fully saturated rings. The van der Waals surface area contributed by atoms with Crippen LogP contribution >= 0.6 is 0 Å². The van der Waals surface area contributed by atoms with Gasteiger partial charge in [-0.2, -0.15) is 5.10 Å². The fourth-order valence-corrected chi connectivity index (χ4v) is 4.00. The topological polar surface area (TPSA) is 177 Å². The van der Waals surface area contributed by atoms with Gasteiger partial charge in [-0.1, -0.05) is 36.9 Å². The first-order chi connectivity index (χ1) is 19.1. The number of hydrogen-bond acceptors (Lipinski definition) is 8. The molecule has 0 aliphatic heterocycles. The molecule has 2 aromatic carbocycles. The molecule has 11 nitrogen and oxygen atoms in total. The Morgan fingerprint density at radius 3 is 2.48 bits per heavy atom. The number of hydrogen-bond donors (Lipinski definition) is 4. The van der Waals surface area contributed by atoms with Crippen molar-refractivity contribution in [3.8, 4) is 0 Å². The molecule has 0 saturated heterocycles. The van der Waals surface area contributed by atoms with Crippen LogP contribution < -0.4 is 22.9 Å². The standard InChI is InChI=1S/C27H27F2N9O2/c1-15(35-26(33)24(25(31)32)37(27(39)40-2)14-16-7-9-19(30)10-8-16)38-22-12-18(28)13-34-23(22)21(36-38)11-17-5-3-4-6-20(17)29/h3-10,12-13H,1,11,14,30-32H2,2H3,(H2,33,35).